The second-order valence-electron chi connectivity index (χ2n) is 6.97. The predicted octanol–water partition coefficient (Wildman–Crippen LogP) is 2.45. The van der Waals surface area contributed by atoms with E-state index in [9.17, 15) is 22.3 Å². The van der Waals surface area contributed by atoms with Gasteiger partial charge in [0.15, 0.2) is 11.6 Å². The third kappa shape index (κ3) is 3.83. The van der Waals surface area contributed by atoms with Gasteiger partial charge in [-0.15, -0.1) is 0 Å². The zero-order valence-electron chi connectivity index (χ0n) is 12.9. The van der Waals surface area contributed by atoms with Crippen molar-refractivity contribution < 1.29 is 22.3 Å². The average Bonchev–Trinajstić information content (AvgIpc) is 2.73. The van der Waals surface area contributed by atoms with Gasteiger partial charge >= 0.3 is 0 Å². The Labute approximate surface area is 129 Å². The van der Waals surface area contributed by atoms with E-state index in [0.29, 0.717) is 5.56 Å². The summed E-state index contributed by atoms with van der Waals surface area (Å²) >= 11 is 0. The highest BCUT2D eigenvalue weighted by Gasteiger charge is 2.41. The molecule has 2 rings (SSSR count). The molecule has 1 aliphatic rings. The summed E-state index contributed by atoms with van der Waals surface area (Å²) in [6.45, 7) is 5.40. The third-order valence-corrected chi connectivity index (χ3v) is 5.88. The number of nitrogens with zero attached hydrogens (tertiary/aromatic N) is 1. The van der Waals surface area contributed by atoms with Gasteiger partial charge in [0.1, 0.15) is 0 Å². The van der Waals surface area contributed by atoms with Gasteiger partial charge in [-0.05, 0) is 29.5 Å². The normalized spacial score (nSPS) is 23.9. The minimum atomic E-state index is -3.61. The Kier molecular flexibility index (Phi) is 4.61. The van der Waals surface area contributed by atoms with Crippen molar-refractivity contribution >= 4 is 10.0 Å². The van der Waals surface area contributed by atoms with Crippen molar-refractivity contribution in [2.75, 3.05) is 12.3 Å². The maximum atomic E-state index is 13.4. The maximum Gasteiger partial charge on any atom is 0.215 e. The average molecular weight is 333 g/mol. The van der Waals surface area contributed by atoms with Gasteiger partial charge in [-0.3, -0.25) is 0 Å². The Morgan fingerprint density at radius 2 is 1.91 bits per heavy atom. The van der Waals surface area contributed by atoms with Crippen molar-refractivity contribution in [3.05, 3.63) is 35.4 Å². The summed E-state index contributed by atoms with van der Waals surface area (Å²) in [6, 6.07) is 2.67. The SMILES string of the molecule is CC(C)(C)CS(=O)(=O)N1CC(O)CC1c1ccc(F)c(F)c1. The van der Waals surface area contributed by atoms with Crippen molar-refractivity contribution in [2.24, 2.45) is 5.41 Å². The van der Waals surface area contributed by atoms with Crippen LogP contribution in [0.1, 0.15) is 38.8 Å². The fourth-order valence-corrected chi connectivity index (χ4v) is 5.00. The van der Waals surface area contributed by atoms with Crippen LogP contribution in [-0.4, -0.2) is 36.2 Å². The van der Waals surface area contributed by atoms with Crippen molar-refractivity contribution in [3.63, 3.8) is 0 Å². The molecule has 0 amide bonds. The Bertz CT molecular complexity index is 655. The maximum absolute atomic E-state index is 13.4. The van der Waals surface area contributed by atoms with Crippen LogP contribution in [0.15, 0.2) is 18.2 Å². The number of hydrogen-bond donors (Lipinski definition) is 1. The van der Waals surface area contributed by atoms with E-state index in [1.165, 1.54) is 10.4 Å². The summed E-state index contributed by atoms with van der Waals surface area (Å²) in [5.74, 6) is -2.08. The van der Waals surface area contributed by atoms with Crippen LogP contribution in [0.25, 0.3) is 0 Å². The lowest BCUT2D eigenvalue weighted by Crippen LogP contribution is -2.37. The number of hydrogen-bond acceptors (Lipinski definition) is 3. The summed E-state index contributed by atoms with van der Waals surface area (Å²) in [6.07, 6.45) is -0.637. The first-order valence-corrected chi connectivity index (χ1v) is 8.73. The van der Waals surface area contributed by atoms with E-state index in [1.807, 2.05) is 20.8 Å². The molecular formula is C15H21F2NO3S. The van der Waals surface area contributed by atoms with Crippen molar-refractivity contribution in [1.82, 2.24) is 4.31 Å². The molecule has 0 spiro atoms. The molecule has 7 heteroatoms. The Hall–Kier alpha value is -1.05. The molecule has 2 unspecified atom stereocenters. The van der Waals surface area contributed by atoms with Crippen LogP contribution in [0, 0.1) is 17.0 Å². The molecule has 1 aromatic rings. The van der Waals surface area contributed by atoms with Crippen LogP contribution in [0.3, 0.4) is 0 Å². The molecule has 0 bridgehead atoms. The first kappa shape index (κ1) is 17.3. The number of aliphatic hydroxyl groups is 1. The molecule has 0 radical (unpaired) electrons. The minimum absolute atomic E-state index is 0.0257. The topological polar surface area (TPSA) is 57.6 Å². The summed E-state index contributed by atoms with van der Waals surface area (Å²) < 4.78 is 52.8. The van der Waals surface area contributed by atoms with Gasteiger partial charge in [-0.2, -0.15) is 4.31 Å². The zero-order chi connectivity index (χ0) is 16.7. The molecule has 2 atom stereocenters. The standard InChI is InChI=1S/C15H21F2NO3S/c1-15(2,3)9-22(20,21)18-8-11(19)7-14(18)10-4-5-12(16)13(17)6-10/h4-6,11,14,19H,7-9H2,1-3H3. The van der Waals surface area contributed by atoms with Gasteiger partial charge in [-0.25, -0.2) is 17.2 Å². The molecule has 1 N–H and O–H groups in total. The van der Waals surface area contributed by atoms with E-state index in [2.05, 4.69) is 0 Å². The van der Waals surface area contributed by atoms with Crippen LogP contribution in [0.5, 0.6) is 0 Å². The smallest absolute Gasteiger partial charge is 0.215 e. The second kappa shape index (κ2) is 5.86. The van der Waals surface area contributed by atoms with Crippen molar-refractivity contribution in [2.45, 2.75) is 39.3 Å². The lowest BCUT2D eigenvalue weighted by Gasteiger charge is -2.28. The molecule has 0 aromatic heterocycles. The first-order valence-electron chi connectivity index (χ1n) is 7.12. The van der Waals surface area contributed by atoms with E-state index in [4.69, 9.17) is 0 Å². The van der Waals surface area contributed by atoms with E-state index < -0.39 is 39.2 Å². The lowest BCUT2D eigenvalue weighted by atomic mass is 10.0. The Morgan fingerprint density at radius 1 is 1.27 bits per heavy atom. The summed E-state index contributed by atoms with van der Waals surface area (Å²) in [7, 11) is -3.61. The highest BCUT2D eigenvalue weighted by molar-refractivity contribution is 7.89. The van der Waals surface area contributed by atoms with Gasteiger partial charge in [-0.1, -0.05) is 26.8 Å². The monoisotopic (exact) mass is 333 g/mol. The fourth-order valence-electron chi connectivity index (χ4n) is 2.74. The van der Waals surface area contributed by atoms with Gasteiger partial charge in [0, 0.05) is 6.54 Å². The van der Waals surface area contributed by atoms with E-state index in [-0.39, 0.29) is 18.7 Å². The van der Waals surface area contributed by atoms with Crippen LogP contribution in [0.2, 0.25) is 0 Å². The zero-order valence-corrected chi connectivity index (χ0v) is 13.7. The summed E-state index contributed by atoms with van der Waals surface area (Å²) in [5.41, 5.74) is -0.0849. The van der Waals surface area contributed by atoms with Gasteiger partial charge in [0.25, 0.3) is 0 Å². The molecule has 22 heavy (non-hydrogen) atoms. The molecule has 0 saturated carbocycles. The number of halogens is 2. The van der Waals surface area contributed by atoms with Gasteiger partial charge in [0.05, 0.1) is 17.9 Å². The molecule has 4 nitrogen and oxygen atoms in total. The summed E-state index contributed by atoms with van der Waals surface area (Å²) in [4.78, 5) is 0. The largest absolute Gasteiger partial charge is 0.392 e. The van der Waals surface area contributed by atoms with Crippen LogP contribution in [-0.2, 0) is 10.0 Å². The van der Waals surface area contributed by atoms with Crippen molar-refractivity contribution in [3.8, 4) is 0 Å². The molecular weight excluding hydrogens is 312 g/mol. The first-order chi connectivity index (χ1) is 9.99. The van der Waals surface area contributed by atoms with Crippen LogP contribution in [0.4, 0.5) is 8.78 Å². The number of benzene rings is 1. The number of sulfonamides is 1. The van der Waals surface area contributed by atoms with E-state index in [1.54, 1.807) is 0 Å². The van der Waals surface area contributed by atoms with Crippen LogP contribution < -0.4 is 0 Å². The molecule has 0 aliphatic carbocycles. The van der Waals surface area contributed by atoms with Crippen molar-refractivity contribution in [1.29, 1.82) is 0 Å². The Balaban J connectivity index is 2.35. The van der Waals surface area contributed by atoms with E-state index >= 15 is 0 Å². The molecule has 1 aromatic carbocycles. The number of aliphatic hydroxyl groups excluding tert-OH is 1. The summed E-state index contributed by atoms with van der Waals surface area (Å²) in [5, 5.41) is 9.84. The molecule has 1 saturated heterocycles. The predicted molar refractivity (Wildman–Crippen MR) is 79.7 cm³/mol. The minimum Gasteiger partial charge on any atom is -0.392 e. The number of rotatable bonds is 3. The lowest BCUT2D eigenvalue weighted by molar-refractivity contribution is 0.188. The molecule has 124 valence electrons. The van der Waals surface area contributed by atoms with Gasteiger partial charge in [0.2, 0.25) is 10.0 Å². The molecule has 1 heterocycles. The fraction of sp³-hybridized carbons (Fsp3) is 0.600. The molecule has 1 aliphatic heterocycles. The number of β-amino-alcohol motifs (C(OH)–C–C–N with tert-alkyl or cyclic N) is 1. The third-order valence-electron chi connectivity index (χ3n) is 3.53. The Morgan fingerprint density at radius 3 is 2.45 bits per heavy atom. The molecule has 1 fully saturated rings. The van der Waals surface area contributed by atoms with E-state index in [0.717, 1.165) is 12.1 Å². The second-order valence-corrected chi connectivity index (χ2v) is 8.89. The van der Waals surface area contributed by atoms with Gasteiger partial charge < -0.3 is 5.11 Å². The highest BCUT2D eigenvalue weighted by Crippen LogP contribution is 2.36. The highest BCUT2D eigenvalue weighted by atomic mass is 32.2. The quantitative estimate of drug-likeness (QED) is 0.924. The van der Waals surface area contributed by atoms with Crippen LogP contribution >= 0.6 is 0 Å².